The van der Waals surface area contributed by atoms with E-state index in [4.69, 9.17) is 0 Å². The molecular weight excluding hydrogens is 354 g/mol. The van der Waals surface area contributed by atoms with E-state index in [9.17, 15) is 13.2 Å². The summed E-state index contributed by atoms with van der Waals surface area (Å²) in [6.45, 7) is 5.30. The van der Waals surface area contributed by atoms with E-state index in [0.29, 0.717) is 11.3 Å². The maximum Gasteiger partial charge on any atom is 0.246 e. The summed E-state index contributed by atoms with van der Waals surface area (Å²) < 4.78 is 29.1. The highest BCUT2D eigenvalue weighted by Gasteiger charge is 2.23. The molecule has 1 amide bonds. The van der Waals surface area contributed by atoms with Crippen LogP contribution in [0, 0.1) is 0 Å². The van der Waals surface area contributed by atoms with Gasteiger partial charge in [0.15, 0.2) is 0 Å². The maximum absolute atomic E-state index is 12.6. The Morgan fingerprint density at radius 1 is 1.27 bits per heavy atom. The number of nitrogens with one attached hydrogen (secondary N) is 3. The molecule has 0 spiro atoms. The van der Waals surface area contributed by atoms with Gasteiger partial charge in [0, 0.05) is 30.0 Å². The predicted octanol–water partition coefficient (Wildman–Crippen LogP) is 1.40. The minimum absolute atomic E-state index is 0.0904. The van der Waals surface area contributed by atoms with E-state index in [-0.39, 0.29) is 10.8 Å². The van der Waals surface area contributed by atoms with E-state index in [1.54, 1.807) is 64.1 Å². The third-order valence-electron chi connectivity index (χ3n) is 3.46. The van der Waals surface area contributed by atoms with Crippen molar-refractivity contribution in [1.29, 1.82) is 0 Å². The predicted molar refractivity (Wildman–Crippen MR) is 100 cm³/mol. The Hall–Kier alpha value is -2.23. The van der Waals surface area contributed by atoms with Crippen LogP contribution in [0.2, 0.25) is 0 Å². The number of amides is 1. The molecule has 9 heteroatoms. The number of benzene rings is 1. The number of likely N-dealkylation sites (N-methyl/N-ethyl adjacent to an activating group) is 1. The molecule has 0 radical (unpaired) electrons. The second kappa shape index (κ2) is 7.56. The molecule has 0 aliphatic rings. The van der Waals surface area contributed by atoms with Crippen LogP contribution in [0.3, 0.4) is 0 Å². The third kappa shape index (κ3) is 5.13. The number of carbonyl (C=O) groups is 1. The fourth-order valence-corrected chi connectivity index (χ4v) is 3.92. The van der Waals surface area contributed by atoms with Crippen LogP contribution in [-0.2, 0) is 21.9 Å². The standard InChI is InChI=1S/C17H25N5O3S/c1-17(2,3)21-26(24,25)14-8-6-7-13(9-14)20-16(23)15(18-4)12-10-19-22(5)11-12/h6-11,15,18,21H,1-5H3,(H,20,23). The van der Waals surface area contributed by atoms with Gasteiger partial charge in [-0.2, -0.15) is 5.10 Å². The molecule has 1 heterocycles. The molecule has 0 fully saturated rings. The third-order valence-corrected chi connectivity index (χ3v) is 5.22. The molecule has 1 atom stereocenters. The van der Waals surface area contributed by atoms with Gasteiger partial charge in [0.25, 0.3) is 0 Å². The summed E-state index contributed by atoms with van der Waals surface area (Å²) in [7, 11) is -0.241. The summed E-state index contributed by atoms with van der Waals surface area (Å²) in [5.74, 6) is -0.307. The van der Waals surface area contributed by atoms with Gasteiger partial charge in [-0.3, -0.25) is 9.48 Å². The normalized spacial score (nSPS) is 13.4. The average Bonchev–Trinajstić information content (AvgIpc) is 2.92. The molecule has 1 unspecified atom stereocenters. The first kappa shape index (κ1) is 20.1. The van der Waals surface area contributed by atoms with E-state index in [1.165, 1.54) is 12.1 Å². The number of rotatable bonds is 6. The lowest BCUT2D eigenvalue weighted by atomic mass is 10.1. The van der Waals surface area contributed by atoms with Crippen molar-refractivity contribution in [2.45, 2.75) is 37.2 Å². The van der Waals surface area contributed by atoms with Gasteiger partial charge in [0.1, 0.15) is 6.04 Å². The van der Waals surface area contributed by atoms with Crippen LogP contribution in [0.4, 0.5) is 5.69 Å². The van der Waals surface area contributed by atoms with Crippen LogP contribution in [0.15, 0.2) is 41.6 Å². The van der Waals surface area contributed by atoms with E-state index in [2.05, 4.69) is 20.5 Å². The molecule has 26 heavy (non-hydrogen) atoms. The SMILES string of the molecule is CNC(C(=O)Nc1cccc(S(=O)(=O)NC(C)(C)C)c1)c1cnn(C)c1. The van der Waals surface area contributed by atoms with Gasteiger partial charge in [-0.1, -0.05) is 6.07 Å². The highest BCUT2D eigenvalue weighted by molar-refractivity contribution is 7.89. The van der Waals surface area contributed by atoms with Crippen molar-refractivity contribution in [1.82, 2.24) is 19.8 Å². The van der Waals surface area contributed by atoms with Crippen molar-refractivity contribution in [2.75, 3.05) is 12.4 Å². The second-order valence-electron chi connectivity index (χ2n) is 7.04. The zero-order chi connectivity index (χ0) is 19.5. The quantitative estimate of drug-likeness (QED) is 0.704. The van der Waals surface area contributed by atoms with E-state index < -0.39 is 21.6 Å². The van der Waals surface area contributed by atoms with Gasteiger partial charge >= 0.3 is 0 Å². The molecule has 142 valence electrons. The number of anilines is 1. The first-order valence-electron chi connectivity index (χ1n) is 8.12. The van der Waals surface area contributed by atoms with E-state index in [1.807, 2.05) is 0 Å². The summed E-state index contributed by atoms with van der Waals surface area (Å²) in [4.78, 5) is 12.7. The smallest absolute Gasteiger partial charge is 0.246 e. The number of nitrogens with zero attached hydrogens (tertiary/aromatic N) is 2. The molecule has 2 aromatic rings. The summed E-state index contributed by atoms with van der Waals surface area (Å²) in [5, 5.41) is 9.74. The van der Waals surface area contributed by atoms with Crippen molar-refractivity contribution < 1.29 is 13.2 Å². The molecule has 0 aliphatic heterocycles. The van der Waals surface area contributed by atoms with Crippen LogP contribution < -0.4 is 15.4 Å². The fourth-order valence-electron chi connectivity index (χ4n) is 2.46. The number of hydrogen-bond donors (Lipinski definition) is 3. The number of aromatic nitrogens is 2. The zero-order valence-electron chi connectivity index (χ0n) is 15.6. The Labute approximate surface area is 154 Å². The van der Waals surface area contributed by atoms with Crippen molar-refractivity contribution in [2.24, 2.45) is 7.05 Å². The molecule has 0 saturated carbocycles. The molecule has 3 N–H and O–H groups in total. The van der Waals surface area contributed by atoms with Crippen LogP contribution >= 0.6 is 0 Å². The number of aryl methyl sites for hydroxylation is 1. The first-order chi connectivity index (χ1) is 12.0. The van der Waals surface area contributed by atoms with Crippen LogP contribution in [0.1, 0.15) is 32.4 Å². The summed E-state index contributed by atoms with van der Waals surface area (Å²) in [6, 6.07) is 5.55. The van der Waals surface area contributed by atoms with Crippen molar-refractivity contribution in [3.8, 4) is 0 Å². The molecule has 0 aliphatic carbocycles. The van der Waals surface area contributed by atoms with Gasteiger partial charge < -0.3 is 10.6 Å². The lowest BCUT2D eigenvalue weighted by molar-refractivity contribution is -0.118. The Kier molecular flexibility index (Phi) is 5.84. The minimum Gasteiger partial charge on any atom is -0.324 e. The molecule has 8 nitrogen and oxygen atoms in total. The second-order valence-corrected chi connectivity index (χ2v) is 8.72. The molecule has 1 aromatic carbocycles. The van der Waals surface area contributed by atoms with Crippen molar-refractivity contribution >= 4 is 21.6 Å². The lowest BCUT2D eigenvalue weighted by Gasteiger charge is -2.20. The Morgan fingerprint density at radius 2 is 1.96 bits per heavy atom. The lowest BCUT2D eigenvalue weighted by Crippen LogP contribution is -2.40. The highest BCUT2D eigenvalue weighted by atomic mass is 32.2. The first-order valence-corrected chi connectivity index (χ1v) is 9.61. The largest absolute Gasteiger partial charge is 0.324 e. The van der Waals surface area contributed by atoms with E-state index in [0.717, 1.165) is 0 Å². The number of sulfonamides is 1. The van der Waals surface area contributed by atoms with Gasteiger partial charge in [-0.15, -0.1) is 0 Å². The highest BCUT2D eigenvalue weighted by Crippen LogP contribution is 2.19. The Morgan fingerprint density at radius 3 is 2.50 bits per heavy atom. The summed E-state index contributed by atoms with van der Waals surface area (Å²) in [5.41, 5.74) is 0.511. The maximum atomic E-state index is 12.6. The van der Waals surface area contributed by atoms with Gasteiger partial charge in [-0.05, 0) is 46.0 Å². The summed E-state index contributed by atoms with van der Waals surface area (Å²) in [6.07, 6.45) is 3.35. The van der Waals surface area contributed by atoms with Gasteiger partial charge in [0.2, 0.25) is 15.9 Å². The molecule has 0 bridgehead atoms. The molecule has 1 aromatic heterocycles. The zero-order valence-corrected chi connectivity index (χ0v) is 16.4. The minimum atomic E-state index is -3.68. The number of carbonyl (C=O) groups excluding carboxylic acids is 1. The van der Waals surface area contributed by atoms with Crippen LogP contribution in [-0.4, -0.2) is 36.7 Å². The Bertz CT molecular complexity index is 884. The monoisotopic (exact) mass is 379 g/mol. The van der Waals surface area contributed by atoms with Gasteiger partial charge in [-0.25, -0.2) is 13.1 Å². The van der Waals surface area contributed by atoms with Crippen LogP contribution in [0.25, 0.3) is 0 Å². The van der Waals surface area contributed by atoms with E-state index >= 15 is 0 Å². The topological polar surface area (TPSA) is 105 Å². The molecular formula is C17H25N5O3S. The van der Waals surface area contributed by atoms with Crippen molar-refractivity contribution in [3.05, 3.63) is 42.2 Å². The summed E-state index contributed by atoms with van der Waals surface area (Å²) >= 11 is 0. The fraction of sp³-hybridized carbons (Fsp3) is 0.412. The Balaban J connectivity index is 2.21. The van der Waals surface area contributed by atoms with Crippen molar-refractivity contribution in [3.63, 3.8) is 0 Å². The van der Waals surface area contributed by atoms with Crippen LogP contribution in [0.5, 0.6) is 0 Å². The average molecular weight is 379 g/mol. The molecule has 2 rings (SSSR count). The number of hydrogen-bond acceptors (Lipinski definition) is 5. The van der Waals surface area contributed by atoms with Gasteiger partial charge in [0.05, 0.1) is 11.1 Å². The molecule has 0 saturated heterocycles.